The molecule has 1 aliphatic heterocycles. The molecule has 1 aliphatic carbocycles. The second kappa shape index (κ2) is 13.0. The Hall–Kier alpha value is -2.79. The first-order chi connectivity index (χ1) is 18.8. The van der Waals surface area contributed by atoms with E-state index in [0.717, 1.165) is 44.3 Å². The lowest BCUT2D eigenvalue weighted by Gasteiger charge is -2.43. The van der Waals surface area contributed by atoms with Crippen molar-refractivity contribution in [3.8, 4) is 11.5 Å². The number of carbonyl (C=O) groups is 1. The number of likely N-dealkylation sites (N-methyl/N-ethyl adjacent to an activating group) is 1. The first kappa shape index (κ1) is 29.2. The van der Waals surface area contributed by atoms with Crippen LogP contribution in [-0.2, 0) is 6.54 Å². The fourth-order valence-electron chi connectivity index (χ4n) is 5.05. The summed E-state index contributed by atoms with van der Waals surface area (Å²) in [5, 5.41) is 7.09. The van der Waals surface area contributed by atoms with E-state index in [1.165, 1.54) is 14.2 Å². The molecule has 4 rings (SSSR count). The number of anilines is 3. The van der Waals surface area contributed by atoms with Gasteiger partial charge in [0, 0.05) is 50.0 Å². The van der Waals surface area contributed by atoms with Crippen molar-refractivity contribution < 1.29 is 14.3 Å². The van der Waals surface area contributed by atoms with Crippen LogP contribution in [0, 0.1) is 0 Å². The molecule has 10 nitrogen and oxygen atoms in total. The molecule has 0 bridgehead atoms. The molecule has 0 unspecified atom stereocenters. The van der Waals surface area contributed by atoms with Crippen molar-refractivity contribution in [1.29, 1.82) is 0 Å². The summed E-state index contributed by atoms with van der Waals surface area (Å²) in [6.45, 7) is 1.96. The Morgan fingerprint density at radius 3 is 2.36 bits per heavy atom. The summed E-state index contributed by atoms with van der Waals surface area (Å²) in [5.74, 6) is 1.80. The quantitative estimate of drug-likeness (QED) is 0.388. The minimum Gasteiger partial charge on any atom is -0.495 e. The number of amides is 2. The highest BCUT2D eigenvalue weighted by atomic mass is 35.5. The number of hydrogen-bond acceptors (Lipinski definition) is 8. The highest BCUT2D eigenvalue weighted by molar-refractivity contribution is 6.42. The number of hydrogen-bond donors (Lipinski definition) is 2. The average molecular weight is 579 g/mol. The zero-order valence-corrected chi connectivity index (χ0v) is 24.6. The van der Waals surface area contributed by atoms with Gasteiger partial charge in [0.15, 0.2) is 0 Å². The summed E-state index contributed by atoms with van der Waals surface area (Å²) in [5.41, 5.74) is 1.14. The monoisotopic (exact) mass is 577 g/mol. The van der Waals surface area contributed by atoms with Crippen molar-refractivity contribution in [2.75, 3.05) is 63.6 Å². The van der Waals surface area contributed by atoms with E-state index in [2.05, 4.69) is 46.8 Å². The Morgan fingerprint density at radius 1 is 1.10 bits per heavy atom. The second-order valence-electron chi connectivity index (χ2n) is 9.94. The van der Waals surface area contributed by atoms with Gasteiger partial charge < -0.3 is 25.0 Å². The van der Waals surface area contributed by atoms with Crippen LogP contribution in [-0.4, -0.2) is 81.4 Å². The lowest BCUT2D eigenvalue weighted by atomic mass is 9.89. The number of rotatable bonds is 10. The van der Waals surface area contributed by atoms with Gasteiger partial charge in [-0.25, -0.2) is 9.78 Å². The Bertz CT molecular complexity index is 1170. The number of methoxy groups -OCH3 is 2. The van der Waals surface area contributed by atoms with Crippen LogP contribution in [0.5, 0.6) is 11.5 Å². The summed E-state index contributed by atoms with van der Waals surface area (Å²) in [7, 11) is 8.88. The van der Waals surface area contributed by atoms with E-state index in [9.17, 15) is 4.79 Å². The summed E-state index contributed by atoms with van der Waals surface area (Å²) >= 11 is 13.4. The number of urea groups is 1. The second-order valence-corrected chi connectivity index (χ2v) is 10.7. The van der Waals surface area contributed by atoms with E-state index in [-0.39, 0.29) is 28.7 Å². The van der Waals surface area contributed by atoms with Crippen molar-refractivity contribution in [2.45, 2.75) is 44.3 Å². The highest BCUT2D eigenvalue weighted by Gasteiger charge is 2.41. The van der Waals surface area contributed by atoms with Crippen molar-refractivity contribution in [2.24, 2.45) is 0 Å². The summed E-state index contributed by atoms with van der Waals surface area (Å²) < 4.78 is 10.9. The molecule has 12 heteroatoms. The molecule has 2 N–H and O–H groups in total. The maximum absolute atomic E-state index is 14.2. The minimum absolute atomic E-state index is 0.0361. The molecule has 2 amide bonds. The molecule has 2 aliphatic rings. The van der Waals surface area contributed by atoms with Crippen molar-refractivity contribution >= 4 is 46.7 Å². The topological polar surface area (TPSA) is 95.1 Å². The number of ether oxygens (including phenoxy) is 2. The lowest BCUT2D eigenvalue weighted by molar-refractivity contribution is 0.242. The predicted molar refractivity (Wildman–Crippen MR) is 157 cm³/mol. The van der Waals surface area contributed by atoms with Gasteiger partial charge in [-0.2, -0.15) is 4.98 Å². The largest absolute Gasteiger partial charge is 0.495 e. The molecule has 212 valence electrons. The fraction of sp³-hybridized carbons (Fsp3) is 0.519. The van der Waals surface area contributed by atoms with E-state index in [1.54, 1.807) is 29.1 Å². The number of benzene rings is 1. The molecule has 2 heterocycles. The standard InChI is InChI=1S/C27H37Cl2N7O3/c1-30-26-32-15-17-16-35(24-22(28)20(38-4)14-21(39-5)23(24)29)27(37)36(25(17)33-26)19-10-8-18(9-11-19)31-12-6-7-13-34(2)3/h6-7,14-15,18-19,31H,8-13,16H2,1-5H3,(H,30,32,33)/b7-6+. The van der Waals surface area contributed by atoms with E-state index in [0.29, 0.717) is 35.0 Å². The molecule has 0 atom stereocenters. The Morgan fingerprint density at radius 2 is 1.77 bits per heavy atom. The van der Waals surface area contributed by atoms with Crippen LogP contribution < -0.4 is 29.9 Å². The molecule has 39 heavy (non-hydrogen) atoms. The van der Waals surface area contributed by atoms with Crippen molar-refractivity contribution in [3.05, 3.63) is 40.0 Å². The number of nitrogens with one attached hydrogen (secondary N) is 2. The van der Waals surface area contributed by atoms with Gasteiger partial charge in [-0.3, -0.25) is 9.80 Å². The van der Waals surface area contributed by atoms with Gasteiger partial charge in [0.05, 0.1) is 26.5 Å². The van der Waals surface area contributed by atoms with E-state index in [1.807, 2.05) is 0 Å². The van der Waals surface area contributed by atoms with Crippen LogP contribution in [0.2, 0.25) is 10.0 Å². The summed E-state index contributed by atoms with van der Waals surface area (Å²) in [6.07, 6.45) is 9.64. The normalized spacial score (nSPS) is 19.5. The first-order valence-electron chi connectivity index (χ1n) is 13.1. The van der Waals surface area contributed by atoms with Crippen LogP contribution >= 0.6 is 23.2 Å². The molecule has 0 saturated heterocycles. The number of fused-ring (bicyclic) bond motifs is 1. The minimum atomic E-state index is -0.245. The van der Waals surface area contributed by atoms with Crippen LogP contribution in [0.3, 0.4) is 0 Å². The van der Waals surface area contributed by atoms with Gasteiger partial charge >= 0.3 is 6.03 Å². The maximum atomic E-state index is 14.2. The third kappa shape index (κ3) is 6.35. The summed E-state index contributed by atoms with van der Waals surface area (Å²) in [6, 6.07) is 1.72. The molecule has 0 spiro atoms. The number of aromatic nitrogens is 2. The van der Waals surface area contributed by atoms with Crippen LogP contribution in [0.4, 0.5) is 22.2 Å². The zero-order valence-electron chi connectivity index (χ0n) is 23.1. The zero-order chi connectivity index (χ0) is 28.1. The Kier molecular flexibility index (Phi) is 9.76. The fourth-order valence-corrected chi connectivity index (χ4v) is 5.76. The van der Waals surface area contributed by atoms with E-state index in [4.69, 9.17) is 37.7 Å². The first-order valence-corrected chi connectivity index (χ1v) is 13.8. The van der Waals surface area contributed by atoms with Crippen molar-refractivity contribution in [3.63, 3.8) is 0 Å². The van der Waals surface area contributed by atoms with Gasteiger partial charge in [0.1, 0.15) is 27.4 Å². The van der Waals surface area contributed by atoms with E-state index < -0.39 is 0 Å². The molecule has 1 fully saturated rings. The average Bonchev–Trinajstić information content (AvgIpc) is 2.93. The van der Waals surface area contributed by atoms with Gasteiger partial charge in [0.2, 0.25) is 5.95 Å². The molecule has 0 radical (unpaired) electrons. The highest BCUT2D eigenvalue weighted by Crippen LogP contribution is 2.48. The Balaban J connectivity index is 1.61. The molecular weight excluding hydrogens is 541 g/mol. The Labute approximate surface area is 240 Å². The van der Waals surface area contributed by atoms with Gasteiger partial charge in [-0.05, 0) is 39.8 Å². The number of nitrogens with zero attached hydrogens (tertiary/aromatic N) is 5. The smallest absolute Gasteiger partial charge is 0.330 e. The van der Waals surface area contributed by atoms with E-state index >= 15 is 0 Å². The van der Waals surface area contributed by atoms with Gasteiger partial charge in [-0.15, -0.1) is 0 Å². The third-order valence-corrected chi connectivity index (χ3v) is 7.83. The van der Waals surface area contributed by atoms with Crippen LogP contribution in [0.15, 0.2) is 24.4 Å². The molecule has 1 saturated carbocycles. The van der Waals surface area contributed by atoms with Crippen LogP contribution in [0.1, 0.15) is 31.2 Å². The molecule has 2 aromatic rings. The number of carbonyl (C=O) groups excluding carboxylic acids is 1. The maximum Gasteiger partial charge on any atom is 0.330 e. The molecule has 1 aromatic heterocycles. The third-order valence-electron chi connectivity index (χ3n) is 7.10. The van der Waals surface area contributed by atoms with Crippen LogP contribution in [0.25, 0.3) is 0 Å². The molecule has 1 aromatic carbocycles. The predicted octanol–water partition coefficient (Wildman–Crippen LogP) is 4.81. The van der Waals surface area contributed by atoms with Crippen molar-refractivity contribution in [1.82, 2.24) is 20.2 Å². The van der Waals surface area contributed by atoms with Gasteiger partial charge in [0.25, 0.3) is 0 Å². The summed E-state index contributed by atoms with van der Waals surface area (Å²) in [4.78, 5) is 28.8. The molecular formula is C27H37Cl2N7O3. The lowest BCUT2D eigenvalue weighted by Crippen LogP contribution is -2.54. The SMILES string of the molecule is CNc1ncc2c(n1)N(C1CCC(NC/C=C/CN(C)C)CC1)C(=O)N(c1c(Cl)c(OC)cc(OC)c1Cl)C2. The van der Waals surface area contributed by atoms with Gasteiger partial charge in [-0.1, -0.05) is 35.4 Å². The number of halogens is 2.